The Labute approximate surface area is 188 Å². The number of nitrogen functional groups attached to an aromatic ring is 1. The minimum Gasteiger partial charge on any atom is -0.398 e. The number of benzene rings is 3. The summed E-state index contributed by atoms with van der Waals surface area (Å²) in [5.74, 6) is -0.898. The first-order valence-corrected chi connectivity index (χ1v) is 13.0. The van der Waals surface area contributed by atoms with Gasteiger partial charge in [0.15, 0.2) is 0 Å². The van der Waals surface area contributed by atoms with Gasteiger partial charge in [0.1, 0.15) is 4.90 Å². The third-order valence-corrected chi connectivity index (χ3v) is 7.08. The van der Waals surface area contributed by atoms with Crippen LogP contribution in [0.5, 0.6) is 0 Å². The van der Waals surface area contributed by atoms with Crippen LogP contribution in [0.3, 0.4) is 0 Å². The van der Waals surface area contributed by atoms with E-state index in [0.29, 0.717) is 29.8 Å². The zero-order valence-electron chi connectivity index (χ0n) is 16.5. The molecule has 6 N–H and O–H groups in total. The summed E-state index contributed by atoms with van der Waals surface area (Å²) in [5.41, 5.74) is 5.91. The summed E-state index contributed by atoms with van der Waals surface area (Å²) in [4.78, 5) is 9.95. The van der Waals surface area contributed by atoms with E-state index in [4.69, 9.17) is 5.73 Å². The van der Waals surface area contributed by atoms with Crippen LogP contribution in [0.2, 0.25) is 0 Å². The van der Waals surface area contributed by atoms with Gasteiger partial charge in [-0.15, -0.1) is 0 Å². The molecule has 3 aromatic rings. The van der Waals surface area contributed by atoms with Crippen LogP contribution in [0.15, 0.2) is 57.2 Å². The molecule has 0 saturated heterocycles. The number of fused-ring (bicyclic) bond motifs is 1. The summed E-state index contributed by atoms with van der Waals surface area (Å²) < 4.78 is 99.1. The second-order valence-corrected chi connectivity index (χ2v) is 11.2. The van der Waals surface area contributed by atoms with Gasteiger partial charge >= 0.3 is 0 Å². The molecule has 0 radical (unpaired) electrons. The van der Waals surface area contributed by atoms with Gasteiger partial charge in [0.25, 0.3) is 36.3 Å². The molecule has 0 spiro atoms. The highest BCUT2D eigenvalue weighted by atomic mass is 32.2. The van der Waals surface area contributed by atoms with E-state index in [1.807, 2.05) is 0 Å². The molecular formula is C18H16N2O10S3. The number of carbonyl (C=O) groups is 1. The van der Waals surface area contributed by atoms with Crippen LogP contribution in [-0.2, 0) is 30.4 Å². The van der Waals surface area contributed by atoms with Gasteiger partial charge < -0.3 is 11.1 Å². The van der Waals surface area contributed by atoms with Gasteiger partial charge in [0.05, 0.1) is 21.0 Å². The highest BCUT2D eigenvalue weighted by Crippen LogP contribution is 2.35. The Kier molecular flexibility index (Phi) is 5.99. The van der Waals surface area contributed by atoms with E-state index in [1.165, 1.54) is 12.1 Å². The van der Waals surface area contributed by atoms with Gasteiger partial charge in [0.2, 0.25) is 0 Å². The molecular weight excluding hydrogens is 500 g/mol. The highest BCUT2D eigenvalue weighted by Gasteiger charge is 2.25. The molecule has 33 heavy (non-hydrogen) atoms. The maximum absolute atomic E-state index is 12.8. The summed E-state index contributed by atoms with van der Waals surface area (Å²) in [6.45, 7) is 1.66. The minimum atomic E-state index is -5.16. The van der Waals surface area contributed by atoms with Crippen LogP contribution in [0.4, 0.5) is 11.4 Å². The van der Waals surface area contributed by atoms with Crippen molar-refractivity contribution in [1.82, 2.24) is 0 Å². The standard InChI is InChI=1S/C18H16N2O10S3/c1-9-2-3-14(19)13(4-9)18(21)20-15-7-11(31(22,23)24)5-10-6-12(32(25,26)27)8-16(17(10)15)33(28,29)30/h2-8H,19H2,1H3,(H,20,21)(H,22,23,24)(H,25,26,27)(H,28,29,30). The second kappa shape index (κ2) is 8.05. The topological polar surface area (TPSA) is 218 Å². The predicted octanol–water partition coefficient (Wildman–Crippen LogP) is 1.72. The average molecular weight is 517 g/mol. The maximum atomic E-state index is 12.8. The Hall–Kier alpha value is -3.08. The molecule has 3 aromatic carbocycles. The Morgan fingerprint density at radius 2 is 1.36 bits per heavy atom. The molecule has 0 aromatic heterocycles. The lowest BCUT2D eigenvalue weighted by atomic mass is 10.1. The molecule has 0 aliphatic heterocycles. The fourth-order valence-electron chi connectivity index (χ4n) is 3.08. The molecule has 0 atom stereocenters. The van der Waals surface area contributed by atoms with Crippen molar-refractivity contribution in [3.05, 3.63) is 53.6 Å². The molecule has 0 fully saturated rings. The first-order valence-electron chi connectivity index (χ1n) is 8.70. The summed E-state index contributed by atoms with van der Waals surface area (Å²) in [5, 5.41) is 1.32. The number of amides is 1. The van der Waals surface area contributed by atoms with Crippen LogP contribution < -0.4 is 11.1 Å². The molecule has 1 amide bonds. The smallest absolute Gasteiger partial charge is 0.295 e. The van der Waals surface area contributed by atoms with Gasteiger partial charge in [0, 0.05) is 11.1 Å². The number of hydrogen-bond acceptors (Lipinski definition) is 8. The predicted molar refractivity (Wildman–Crippen MR) is 117 cm³/mol. The lowest BCUT2D eigenvalue weighted by Gasteiger charge is -2.15. The van der Waals surface area contributed by atoms with Crippen molar-refractivity contribution >= 4 is 58.4 Å². The Bertz CT molecular complexity index is 1640. The van der Waals surface area contributed by atoms with Crippen LogP contribution in [-0.4, -0.2) is 44.8 Å². The Morgan fingerprint density at radius 1 is 0.818 bits per heavy atom. The number of nitrogens with two attached hydrogens (primary N) is 1. The lowest BCUT2D eigenvalue weighted by molar-refractivity contribution is 0.102. The van der Waals surface area contributed by atoms with E-state index < -0.39 is 67.4 Å². The van der Waals surface area contributed by atoms with Crippen LogP contribution >= 0.6 is 0 Å². The van der Waals surface area contributed by atoms with Crippen molar-refractivity contribution in [3.63, 3.8) is 0 Å². The highest BCUT2D eigenvalue weighted by molar-refractivity contribution is 7.87. The van der Waals surface area contributed by atoms with Gasteiger partial charge in [-0.1, -0.05) is 11.6 Å². The monoisotopic (exact) mass is 516 g/mol. The van der Waals surface area contributed by atoms with E-state index >= 15 is 0 Å². The maximum Gasteiger partial charge on any atom is 0.295 e. The third-order valence-electron chi connectivity index (χ3n) is 4.54. The molecule has 0 aliphatic carbocycles. The number of anilines is 2. The molecule has 0 heterocycles. The van der Waals surface area contributed by atoms with Crippen molar-refractivity contribution in [2.24, 2.45) is 0 Å². The fraction of sp³-hybridized carbons (Fsp3) is 0.0556. The molecule has 0 saturated carbocycles. The van der Waals surface area contributed by atoms with E-state index in [-0.39, 0.29) is 11.3 Å². The van der Waals surface area contributed by atoms with E-state index in [2.05, 4.69) is 5.32 Å². The Morgan fingerprint density at radius 3 is 1.88 bits per heavy atom. The van der Waals surface area contributed by atoms with Crippen LogP contribution in [0, 0.1) is 6.92 Å². The average Bonchev–Trinajstić information content (AvgIpc) is 2.66. The van der Waals surface area contributed by atoms with Crippen molar-refractivity contribution < 1.29 is 43.7 Å². The number of nitrogens with one attached hydrogen (secondary N) is 1. The molecule has 0 aliphatic rings. The third kappa shape index (κ3) is 5.13. The van der Waals surface area contributed by atoms with E-state index in [9.17, 15) is 43.7 Å². The number of carbonyl (C=O) groups excluding carboxylic acids is 1. The molecule has 176 valence electrons. The molecule has 0 bridgehead atoms. The van der Waals surface area contributed by atoms with Crippen molar-refractivity contribution in [3.8, 4) is 0 Å². The van der Waals surface area contributed by atoms with Crippen LogP contribution in [0.1, 0.15) is 15.9 Å². The van der Waals surface area contributed by atoms with E-state index in [0.717, 1.165) is 0 Å². The van der Waals surface area contributed by atoms with Crippen molar-refractivity contribution in [1.29, 1.82) is 0 Å². The normalized spacial score (nSPS) is 12.6. The number of rotatable bonds is 5. The van der Waals surface area contributed by atoms with Gasteiger partial charge in [-0.05, 0) is 48.7 Å². The SMILES string of the molecule is Cc1ccc(N)c(C(=O)Nc2cc(S(=O)(=O)O)cc3cc(S(=O)(=O)O)cc(S(=O)(=O)O)c23)c1. The molecule has 0 unspecified atom stereocenters. The summed E-state index contributed by atoms with van der Waals surface area (Å²) >= 11 is 0. The van der Waals surface area contributed by atoms with Crippen molar-refractivity contribution in [2.75, 3.05) is 11.1 Å². The van der Waals surface area contributed by atoms with Crippen LogP contribution in [0.25, 0.3) is 10.8 Å². The first kappa shape index (κ1) is 24.6. The summed E-state index contributed by atoms with van der Waals surface area (Å²) in [6, 6.07) is 6.99. The van der Waals surface area contributed by atoms with Gasteiger partial charge in [-0.25, -0.2) is 0 Å². The quantitative estimate of drug-likeness (QED) is 0.243. The molecule has 15 heteroatoms. The van der Waals surface area contributed by atoms with Crippen molar-refractivity contribution in [2.45, 2.75) is 21.6 Å². The lowest BCUT2D eigenvalue weighted by Crippen LogP contribution is -2.16. The summed E-state index contributed by atoms with van der Waals surface area (Å²) in [7, 11) is -15.1. The fourth-order valence-corrected chi connectivity index (χ4v) is 5.00. The zero-order chi connectivity index (χ0) is 24.9. The van der Waals surface area contributed by atoms with Gasteiger partial charge in [-0.3, -0.25) is 18.5 Å². The molecule has 3 rings (SSSR count). The zero-order valence-corrected chi connectivity index (χ0v) is 19.0. The minimum absolute atomic E-state index is 0.0389. The second-order valence-electron chi connectivity index (χ2n) is 6.96. The Balaban J connectivity index is 2.42. The first-order chi connectivity index (χ1) is 15.0. The number of aryl methyl sites for hydroxylation is 1. The molecule has 12 nitrogen and oxygen atoms in total. The number of hydrogen-bond donors (Lipinski definition) is 5. The summed E-state index contributed by atoms with van der Waals surface area (Å²) in [6.07, 6.45) is 0. The largest absolute Gasteiger partial charge is 0.398 e. The van der Waals surface area contributed by atoms with Gasteiger partial charge in [-0.2, -0.15) is 25.3 Å². The van der Waals surface area contributed by atoms with E-state index in [1.54, 1.807) is 13.0 Å².